The van der Waals surface area contributed by atoms with E-state index in [1.54, 1.807) is 0 Å². The van der Waals surface area contributed by atoms with E-state index in [1.165, 1.54) is 11.1 Å². The van der Waals surface area contributed by atoms with Gasteiger partial charge in [0, 0.05) is 25.0 Å². The average molecular weight is 431 g/mol. The highest BCUT2D eigenvalue weighted by atomic mass is 127. The molecule has 0 radical (unpaired) electrons. The third kappa shape index (κ3) is 5.35. The summed E-state index contributed by atoms with van der Waals surface area (Å²) in [6.45, 7) is 11.8. The summed E-state index contributed by atoms with van der Waals surface area (Å²) in [6.07, 6.45) is 0.597. The topological polar surface area (TPSA) is 47.9 Å². The van der Waals surface area contributed by atoms with Gasteiger partial charge in [-0.15, -0.1) is 24.0 Å². The third-order valence-corrected chi connectivity index (χ3v) is 4.30. The lowest BCUT2D eigenvalue weighted by molar-refractivity contribution is 0.187. The van der Waals surface area contributed by atoms with Crippen LogP contribution in [0.3, 0.4) is 0 Å². The van der Waals surface area contributed by atoms with Gasteiger partial charge in [0.2, 0.25) is 0 Å². The number of nitrogens with one attached hydrogen (secondary N) is 1. The molecule has 0 aromatic heterocycles. The molecule has 5 heteroatoms. The second-order valence-electron chi connectivity index (χ2n) is 6.76. The van der Waals surface area contributed by atoms with E-state index in [-0.39, 0.29) is 35.5 Å². The molecule has 2 rings (SSSR count). The summed E-state index contributed by atoms with van der Waals surface area (Å²) in [5, 5.41) is 13.1. The van der Waals surface area contributed by atoms with Gasteiger partial charge in [0.25, 0.3) is 0 Å². The van der Waals surface area contributed by atoms with Gasteiger partial charge in [0.05, 0.1) is 12.6 Å². The highest BCUT2D eigenvalue weighted by molar-refractivity contribution is 14.0. The van der Waals surface area contributed by atoms with Crippen molar-refractivity contribution >= 4 is 29.9 Å². The monoisotopic (exact) mass is 431 g/mol. The molecule has 0 unspecified atom stereocenters. The van der Waals surface area contributed by atoms with E-state index in [9.17, 15) is 5.11 Å². The maximum atomic E-state index is 9.73. The molecule has 0 amide bonds. The lowest BCUT2D eigenvalue weighted by Crippen LogP contribution is -2.41. The number of aryl methyl sites for hydroxylation is 1. The number of guanidine groups is 1. The first kappa shape index (κ1) is 20.2. The minimum atomic E-state index is -0.228. The van der Waals surface area contributed by atoms with Crippen LogP contribution in [0.2, 0.25) is 0 Å². The van der Waals surface area contributed by atoms with Gasteiger partial charge >= 0.3 is 0 Å². The zero-order valence-electron chi connectivity index (χ0n) is 14.7. The van der Waals surface area contributed by atoms with Crippen LogP contribution < -0.4 is 5.32 Å². The Morgan fingerprint density at radius 2 is 2.09 bits per heavy atom. The van der Waals surface area contributed by atoms with Gasteiger partial charge in [-0.1, -0.05) is 38.1 Å². The van der Waals surface area contributed by atoms with Crippen molar-refractivity contribution in [1.82, 2.24) is 10.2 Å². The first-order valence-corrected chi connectivity index (χ1v) is 8.21. The van der Waals surface area contributed by atoms with Crippen molar-refractivity contribution in [3.63, 3.8) is 0 Å². The number of nitrogens with zero attached hydrogens (tertiary/aromatic N) is 2. The first-order chi connectivity index (χ1) is 10.4. The fourth-order valence-electron chi connectivity index (χ4n) is 3.05. The van der Waals surface area contributed by atoms with Gasteiger partial charge in [-0.25, -0.2) is 0 Å². The Morgan fingerprint density at radius 3 is 2.65 bits per heavy atom. The van der Waals surface area contributed by atoms with Gasteiger partial charge in [0.1, 0.15) is 0 Å². The molecule has 4 nitrogen and oxygen atoms in total. The normalized spacial score (nSPS) is 18.7. The number of halogens is 1. The van der Waals surface area contributed by atoms with Crippen molar-refractivity contribution in [3.8, 4) is 0 Å². The van der Waals surface area contributed by atoms with E-state index in [2.05, 4.69) is 62.2 Å². The molecule has 1 heterocycles. The van der Waals surface area contributed by atoms with Crippen LogP contribution in [0, 0.1) is 6.92 Å². The maximum absolute atomic E-state index is 9.73. The van der Waals surface area contributed by atoms with Gasteiger partial charge in [-0.3, -0.25) is 4.99 Å². The fraction of sp³-hybridized carbons (Fsp3) is 0.611. The number of hydrogen-bond donors (Lipinski definition) is 2. The molecule has 1 atom stereocenters. The highest BCUT2D eigenvalue weighted by Crippen LogP contribution is 2.26. The van der Waals surface area contributed by atoms with Gasteiger partial charge < -0.3 is 15.3 Å². The summed E-state index contributed by atoms with van der Waals surface area (Å²) in [5.41, 5.74) is 2.64. The van der Waals surface area contributed by atoms with Crippen molar-refractivity contribution in [2.24, 2.45) is 4.99 Å². The molecule has 0 spiro atoms. The van der Waals surface area contributed by atoms with Crippen LogP contribution in [-0.4, -0.2) is 48.2 Å². The van der Waals surface area contributed by atoms with Gasteiger partial charge in [-0.2, -0.15) is 0 Å². The highest BCUT2D eigenvalue weighted by Gasteiger charge is 2.25. The Balaban J connectivity index is 0.00000264. The molecule has 1 aliphatic heterocycles. The quantitative estimate of drug-likeness (QED) is 0.438. The zero-order chi connectivity index (χ0) is 16.2. The summed E-state index contributed by atoms with van der Waals surface area (Å²) in [5.74, 6) is 0.917. The van der Waals surface area contributed by atoms with Crippen LogP contribution in [-0.2, 0) is 5.41 Å². The summed E-state index contributed by atoms with van der Waals surface area (Å²) in [4.78, 5) is 6.99. The predicted octanol–water partition coefficient (Wildman–Crippen LogP) is 2.92. The van der Waals surface area contributed by atoms with Crippen molar-refractivity contribution in [2.75, 3.05) is 26.2 Å². The minimum absolute atomic E-state index is 0. The van der Waals surface area contributed by atoms with Gasteiger partial charge in [-0.05, 0) is 31.4 Å². The van der Waals surface area contributed by atoms with Crippen LogP contribution in [0.1, 0.15) is 38.3 Å². The van der Waals surface area contributed by atoms with Crippen LogP contribution in [0.4, 0.5) is 0 Å². The SMILES string of the molecule is CCNC(=NCC(C)(C)c1ccccc1C)N1CC[C@@H](O)C1.I. The summed E-state index contributed by atoms with van der Waals surface area (Å²) < 4.78 is 0. The number of benzene rings is 1. The number of hydrogen-bond acceptors (Lipinski definition) is 2. The molecule has 23 heavy (non-hydrogen) atoms. The molecule has 1 saturated heterocycles. The maximum Gasteiger partial charge on any atom is 0.194 e. The molecule has 1 aromatic rings. The zero-order valence-corrected chi connectivity index (χ0v) is 17.0. The van der Waals surface area contributed by atoms with Crippen LogP contribution in [0.5, 0.6) is 0 Å². The van der Waals surface area contributed by atoms with Crippen LogP contribution in [0.25, 0.3) is 0 Å². The second kappa shape index (κ2) is 8.87. The molecule has 2 N–H and O–H groups in total. The summed E-state index contributed by atoms with van der Waals surface area (Å²) in [7, 11) is 0. The molecular weight excluding hydrogens is 401 g/mol. The number of aliphatic hydroxyl groups excluding tert-OH is 1. The number of rotatable bonds is 4. The Kier molecular flexibility index (Phi) is 7.80. The van der Waals surface area contributed by atoms with Crippen molar-refractivity contribution in [2.45, 2.75) is 45.6 Å². The molecule has 0 bridgehead atoms. The molecule has 1 fully saturated rings. The van der Waals surface area contributed by atoms with E-state index in [1.807, 2.05) is 0 Å². The largest absolute Gasteiger partial charge is 0.391 e. The molecule has 0 aliphatic carbocycles. The minimum Gasteiger partial charge on any atom is -0.391 e. The van der Waals surface area contributed by atoms with Gasteiger partial charge in [0.15, 0.2) is 5.96 Å². The molecule has 0 saturated carbocycles. The summed E-state index contributed by atoms with van der Waals surface area (Å²) >= 11 is 0. The van der Waals surface area contributed by atoms with Crippen molar-refractivity contribution in [3.05, 3.63) is 35.4 Å². The van der Waals surface area contributed by atoms with E-state index < -0.39 is 0 Å². The van der Waals surface area contributed by atoms with E-state index in [4.69, 9.17) is 4.99 Å². The van der Waals surface area contributed by atoms with Crippen LogP contribution in [0.15, 0.2) is 29.3 Å². The average Bonchev–Trinajstić information content (AvgIpc) is 2.90. The van der Waals surface area contributed by atoms with Crippen molar-refractivity contribution in [1.29, 1.82) is 0 Å². The molecule has 1 aliphatic rings. The molecule has 1 aromatic carbocycles. The lowest BCUT2D eigenvalue weighted by Gasteiger charge is -2.27. The molecule has 130 valence electrons. The third-order valence-electron chi connectivity index (χ3n) is 4.30. The van der Waals surface area contributed by atoms with Crippen molar-refractivity contribution < 1.29 is 5.11 Å². The molecular formula is C18H30IN3O. The van der Waals surface area contributed by atoms with Crippen LogP contribution >= 0.6 is 24.0 Å². The number of aliphatic hydroxyl groups is 1. The fourth-order valence-corrected chi connectivity index (χ4v) is 3.05. The Hall–Kier alpha value is -0.820. The number of likely N-dealkylation sites (tertiary alicyclic amines) is 1. The number of β-amino-alcohol motifs (C(OH)–C–C–N with tert-alkyl or cyclic N) is 1. The van der Waals surface area contributed by atoms with E-state index in [0.29, 0.717) is 6.54 Å². The smallest absolute Gasteiger partial charge is 0.194 e. The number of aliphatic imine (C=N–C) groups is 1. The Labute approximate surface area is 157 Å². The predicted molar refractivity (Wildman–Crippen MR) is 108 cm³/mol. The second-order valence-corrected chi connectivity index (χ2v) is 6.76. The summed E-state index contributed by atoms with van der Waals surface area (Å²) in [6, 6.07) is 8.52. The Morgan fingerprint density at radius 1 is 1.39 bits per heavy atom. The lowest BCUT2D eigenvalue weighted by atomic mass is 9.82. The van der Waals surface area contributed by atoms with E-state index in [0.717, 1.165) is 32.0 Å². The first-order valence-electron chi connectivity index (χ1n) is 8.21. The Bertz CT molecular complexity index is 531. The standard InChI is InChI=1S/C18H29N3O.HI/c1-5-19-17(21-11-10-15(22)12-21)20-13-18(3,4)16-9-7-6-8-14(16)2;/h6-9,15,22H,5,10-13H2,1-4H3,(H,19,20);1H/t15-;/m1./s1. The van der Waals surface area contributed by atoms with E-state index >= 15 is 0 Å².